The van der Waals surface area contributed by atoms with Crippen molar-refractivity contribution in [1.29, 1.82) is 0 Å². The molecule has 0 atom stereocenters. The minimum absolute atomic E-state index is 0.575. The highest BCUT2D eigenvalue weighted by Crippen LogP contribution is 2.28. The van der Waals surface area contributed by atoms with E-state index in [0.29, 0.717) is 5.92 Å². The molecule has 0 aromatic carbocycles. The molecule has 0 bridgehead atoms. The Bertz CT molecular complexity index is 218. The van der Waals surface area contributed by atoms with Gasteiger partial charge in [-0.15, -0.1) is 23.1 Å². The van der Waals surface area contributed by atoms with Gasteiger partial charge in [0.05, 0.1) is 15.4 Å². The smallest absolute Gasteiger partial charge is 0.0961 e. The predicted molar refractivity (Wildman–Crippen MR) is 52.6 cm³/mol. The molecule has 0 saturated carbocycles. The summed E-state index contributed by atoms with van der Waals surface area (Å²) < 4.78 is 1.34. The van der Waals surface area contributed by atoms with Crippen LogP contribution in [0.2, 0.25) is 0 Å². The lowest BCUT2D eigenvalue weighted by Gasteiger charge is -1.95. The van der Waals surface area contributed by atoms with E-state index in [0.717, 1.165) is 5.75 Å². The topological polar surface area (TPSA) is 12.9 Å². The summed E-state index contributed by atoms with van der Waals surface area (Å²) in [7, 11) is 0. The van der Waals surface area contributed by atoms with Gasteiger partial charge in [0.25, 0.3) is 0 Å². The first-order chi connectivity index (χ1) is 5.24. The van der Waals surface area contributed by atoms with E-state index < -0.39 is 0 Å². The lowest BCUT2D eigenvalue weighted by Crippen LogP contribution is -1.81. The fourth-order valence-electron chi connectivity index (χ4n) is 0.748. The SMILES string of the molecule is CCSc1cnc(C(C)C)s1. The van der Waals surface area contributed by atoms with Crippen molar-refractivity contribution >= 4 is 23.1 Å². The standard InChI is InChI=1S/C8H13NS2/c1-4-10-7-5-9-8(11-7)6(2)3/h5-6H,4H2,1-3H3. The largest absolute Gasteiger partial charge is 0.248 e. The maximum Gasteiger partial charge on any atom is 0.0961 e. The van der Waals surface area contributed by atoms with Gasteiger partial charge >= 0.3 is 0 Å². The first-order valence-electron chi connectivity index (χ1n) is 3.82. The summed E-state index contributed by atoms with van der Waals surface area (Å²) in [5, 5.41) is 1.25. The zero-order valence-corrected chi connectivity index (χ0v) is 8.76. The maximum atomic E-state index is 4.33. The van der Waals surface area contributed by atoms with Crippen molar-refractivity contribution in [2.75, 3.05) is 5.75 Å². The summed E-state index contributed by atoms with van der Waals surface area (Å²) in [6.45, 7) is 6.53. The van der Waals surface area contributed by atoms with Crippen LogP contribution in [0.25, 0.3) is 0 Å². The van der Waals surface area contributed by atoms with Gasteiger partial charge in [-0.3, -0.25) is 0 Å². The molecule has 0 spiro atoms. The van der Waals surface area contributed by atoms with Gasteiger partial charge in [0.15, 0.2) is 0 Å². The molecule has 11 heavy (non-hydrogen) atoms. The number of rotatable bonds is 3. The molecule has 1 aromatic heterocycles. The summed E-state index contributed by atoms with van der Waals surface area (Å²) in [6, 6.07) is 0. The Morgan fingerprint density at radius 2 is 2.36 bits per heavy atom. The predicted octanol–water partition coefficient (Wildman–Crippen LogP) is 3.38. The number of nitrogens with zero attached hydrogens (tertiary/aromatic N) is 1. The monoisotopic (exact) mass is 187 g/mol. The molecule has 1 nitrogen and oxygen atoms in total. The molecule has 0 aliphatic heterocycles. The first kappa shape index (κ1) is 9.07. The average molecular weight is 187 g/mol. The molecular formula is C8H13NS2. The van der Waals surface area contributed by atoms with E-state index in [1.165, 1.54) is 9.22 Å². The maximum absolute atomic E-state index is 4.33. The van der Waals surface area contributed by atoms with Crippen molar-refractivity contribution < 1.29 is 0 Å². The van der Waals surface area contributed by atoms with Gasteiger partial charge in [-0.05, 0) is 5.75 Å². The van der Waals surface area contributed by atoms with Gasteiger partial charge in [-0.2, -0.15) is 0 Å². The molecule has 0 saturated heterocycles. The van der Waals surface area contributed by atoms with Gasteiger partial charge in [0, 0.05) is 5.92 Å². The van der Waals surface area contributed by atoms with Crippen molar-refractivity contribution in [2.24, 2.45) is 0 Å². The summed E-state index contributed by atoms with van der Waals surface area (Å²) in [5.41, 5.74) is 0. The Kier molecular flexibility index (Phi) is 3.40. The summed E-state index contributed by atoms with van der Waals surface area (Å²) in [4.78, 5) is 4.33. The first-order valence-corrected chi connectivity index (χ1v) is 5.62. The quantitative estimate of drug-likeness (QED) is 0.673. The molecule has 62 valence electrons. The Balaban J connectivity index is 2.66. The third-order valence-corrected chi connectivity index (χ3v) is 3.66. The molecule has 1 aromatic rings. The highest BCUT2D eigenvalue weighted by atomic mass is 32.2. The zero-order chi connectivity index (χ0) is 8.27. The minimum atomic E-state index is 0.575. The fraction of sp³-hybridized carbons (Fsp3) is 0.625. The van der Waals surface area contributed by atoms with Crippen molar-refractivity contribution in [3.05, 3.63) is 11.2 Å². The summed E-state index contributed by atoms with van der Waals surface area (Å²) in [6.07, 6.45) is 1.98. The average Bonchev–Trinajstić information content (AvgIpc) is 2.37. The Morgan fingerprint density at radius 1 is 1.64 bits per heavy atom. The molecule has 0 radical (unpaired) electrons. The minimum Gasteiger partial charge on any atom is -0.248 e. The molecule has 0 aliphatic rings. The van der Waals surface area contributed by atoms with Gasteiger partial charge in [0.1, 0.15) is 0 Å². The van der Waals surface area contributed by atoms with E-state index in [-0.39, 0.29) is 0 Å². The number of aromatic nitrogens is 1. The Hall–Kier alpha value is -0.0200. The Morgan fingerprint density at radius 3 is 2.82 bits per heavy atom. The summed E-state index contributed by atoms with van der Waals surface area (Å²) >= 11 is 3.69. The van der Waals surface area contributed by atoms with Crippen LogP contribution in [0.5, 0.6) is 0 Å². The number of thioether (sulfide) groups is 1. The van der Waals surface area contributed by atoms with Crippen LogP contribution in [-0.4, -0.2) is 10.7 Å². The number of hydrogen-bond donors (Lipinski definition) is 0. The van der Waals surface area contributed by atoms with E-state index in [9.17, 15) is 0 Å². The van der Waals surface area contributed by atoms with E-state index in [1.807, 2.05) is 29.3 Å². The highest BCUT2D eigenvalue weighted by molar-refractivity contribution is 8.01. The number of hydrogen-bond acceptors (Lipinski definition) is 3. The highest BCUT2D eigenvalue weighted by Gasteiger charge is 2.04. The van der Waals surface area contributed by atoms with Gasteiger partial charge in [-0.1, -0.05) is 20.8 Å². The van der Waals surface area contributed by atoms with Crippen LogP contribution in [0.1, 0.15) is 31.7 Å². The van der Waals surface area contributed by atoms with E-state index in [1.54, 1.807) is 0 Å². The third-order valence-electron chi connectivity index (χ3n) is 1.28. The lowest BCUT2D eigenvalue weighted by atomic mass is 10.2. The van der Waals surface area contributed by atoms with Crippen LogP contribution in [0, 0.1) is 0 Å². The molecule has 0 unspecified atom stereocenters. The summed E-state index contributed by atoms with van der Waals surface area (Å²) in [5.74, 6) is 1.71. The molecule has 0 aliphatic carbocycles. The van der Waals surface area contributed by atoms with Crippen LogP contribution < -0.4 is 0 Å². The third kappa shape index (κ3) is 2.49. The molecule has 0 fully saturated rings. The molecule has 0 N–H and O–H groups in total. The molecule has 0 amide bonds. The van der Waals surface area contributed by atoms with Crippen molar-refractivity contribution in [3.8, 4) is 0 Å². The van der Waals surface area contributed by atoms with Crippen LogP contribution in [0.3, 0.4) is 0 Å². The van der Waals surface area contributed by atoms with Gasteiger partial charge < -0.3 is 0 Å². The second kappa shape index (κ2) is 4.12. The molecule has 3 heteroatoms. The van der Waals surface area contributed by atoms with Crippen LogP contribution >= 0.6 is 23.1 Å². The Labute approximate surface area is 76.2 Å². The van der Waals surface area contributed by atoms with Gasteiger partial charge in [0.2, 0.25) is 0 Å². The second-order valence-corrected chi connectivity index (χ2v) is 5.23. The normalized spacial score (nSPS) is 10.9. The van der Waals surface area contributed by atoms with Crippen LogP contribution in [0.15, 0.2) is 10.4 Å². The van der Waals surface area contributed by atoms with Crippen LogP contribution in [0.4, 0.5) is 0 Å². The number of thiazole rings is 1. The molecule has 1 heterocycles. The van der Waals surface area contributed by atoms with Crippen molar-refractivity contribution in [3.63, 3.8) is 0 Å². The second-order valence-electron chi connectivity index (χ2n) is 2.61. The lowest BCUT2D eigenvalue weighted by molar-refractivity contribution is 0.852. The van der Waals surface area contributed by atoms with E-state index in [2.05, 4.69) is 25.8 Å². The van der Waals surface area contributed by atoms with Crippen LogP contribution in [-0.2, 0) is 0 Å². The fourth-order valence-corrected chi connectivity index (χ4v) is 2.66. The van der Waals surface area contributed by atoms with Crippen molar-refractivity contribution in [2.45, 2.75) is 30.9 Å². The molecular weight excluding hydrogens is 174 g/mol. The van der Waals surface area contributed by atoms with Gasteiger partial charge in [-0.25, -0.2) is 4.98 Å². The zero-order valence-electron chi connectivity index (χ0n) is 7.13. The molecule has 1 rings (SSSR count). The van der Waals surface area contributed by atoms with Crippen molar-refractivity contribution in [1.82, 2.24) is 4.98 Å². The van der Waals surface area contributed by atoms with E-state index in [4.69, 9.17) is 0 Å². The van der Waals surface area contributed by atoms with E-state index >= 15 is 0 Å².